The SMILES string of the molecule is CC(C)c1nnc(NC(=O)c2cccc(CBr)c2)o1. The van der Waals surface area contributed by atoms with Crippen molar-refractivity contribution >= 4 is 27.9 Å². The minimum atomic E-state index is -0.262. The highest BCUT2D eigenvalue weighted by atomic mass is 79.9. The third-order valence-electron chi connectivity index (χ3n) is 2.50. The quantitative estimate of drug-likeness (QED) is 0.876. The first-order chi connectivity index (χ1) is 9.10. The fraction of sp³-hybridized carbons (Fsp3) is 0.308. The lowest BCUT2D eigenvalue weighted by Gasteiger charge is -2.02. The van der Waals surface area contributed by atoms with E-state index < -0.39 is 0 Å². The Bertz CT molecular complexity index is 581. The molecular weight excluding hydrogens is 310 g/mol. The van der Waals surface area contributed by atoms with E-state index in [1.807, 2.05) is 32.0 Å². The van der Waals surface area contributed by atoms with E-state index in [1.165, 1.54) is 0 Å². The van der Waals surface area contributed by atoms with E-state index in [0.717, 1.165) is 5.56 Å². The van der Waals surface area contributed by atoms with Gasteiger partial charge in [-0.1, -0.05) is 47.0 Å². The number of carbonyl (C=O) groups is 1. The normalized spacial score (nSPS) is 10.7. The highest BCUT2D eigenvalue weighted by Crippen LogP contribution is 2.16. The molecular formula is C13H14BrN3O2. The maximum absolute atomic E-state index is 12.0. The summed E-state index contributed by atoms with van der Waals surface area (Å²) in [5, 5.41) is 10.9. The molecule has 0 bridgehead atoms. The second-order valence-corrected chi connectivity index (χ2v) is 4.95. The van der Waals surface area contributed by atoms with Crippen LogP contribution < -0.4 is 5.32 Å². The summed E-state index contributed by atoms with van der Waals surface area (Å²) in [4.78, 5) is 12.0. The smallest absolute Gasteiger partial charge is 0.322 e. The van der Waals surface area contributed by atoms with Gasteiger partial charge in [-0.05, 0) is 17.7 Å². The first kappa shape index (κ1) is 13.7. The van der Waals surface area contributed by atoms with Crippen molar-refractivity contribution in [3.05, 3.63) is 41.3 Å². The Hall–Kier alpha value is -1.69. The molecule has 19 heavy (non-hydrogen) atoms. The molecule has 1 amide bonds. The van der Waals surface area contributed by atoms with E-state index in [4.69, 9.17) is 4.42 Å². The molecule has 0 saturated heterocycles. The van der Waals surface area contributed by atoms with E-state index in [2.05, 4.69) is 31.4 Å². The van der Waals surface area contributed by atoms with E-state index in [-0.39, 0.29) is 17.8 Å². The van der Waals surface area contributed by atoms with Crippen LogP contribution >= 0.6 is 15.9 Å². The van der Waals surface area contributed by atoms with Crippen LogP contribution in [0.15, 0.2) is 28.7 Å². The Kier molecular flexibility index (Phi) is 4.31. The Morgan fingerprint density at radius 1 is 1.42 bits per heavy atom. The number of carbonyl (C=O) groups excluding carboxylic acids is 1. The van der Waals surface area contributed by atoms with Crippen LogP contribution in [0.1, 0.15) is 41.6 Å². The van der Waals surface area contributed by atoms with Crippen molar-refractivity contribution in [2.24, 2.45) is 0 Å². The van der Waals surface area contributed by atoms with Gasteiger partial charge in [-0.3, -0.25) is 10.1 Å². The monoisotopic (exact) mass is 323 g/mol. The predicted molar refractivity (Wildman–Crippen MR) is 75.4 cm³/mol. The van der Waals surface area contributed by atoms with E-state index in [1.54, 1.807) is 6.07 Å². The molecule has 0 aliphatic carbocycles. The standard InChI is InChI=1S/C13H14BrN3O2/c1-8(2)12-16-17-13(19-12)15-11(18)10-5-3-4-9(6-10)7-14/h3-6,8H,7H2,1-2H3,(H,15,17,18). The topological polar surface area (TPSA) is 68.0 Å². The summed E-state index contributed by atoms with van der Waals surface area (Å²) in [7, 11) is 0. The van der Waals surface area contributed by atoms with Gasteiger partial charge in [0.2, 0.25) is 5.89 Å². The van der Waals surface area contributed by atoms with Crippen molar-refractivity contribution in [1.29, 1.82) is 0 Å². The lowest BCUT2D eigenvalue weighted by Crippen LogP contribution is -2.12. The number of benzene rings is 1. The molecule has 1 aromatic heterocycles. The predicted octanol–water partition coefficient (Wildman–Crippen LogP) is 3.34. The largest absolute Gasteiger partial charge is 0.408 e. The molecule has 1 heterocycles. The Labute approximate surface area is 119 Å². The molecule has 0 spiro atoms. The molecule has 1 aromatic carbocycles. The van der Waals surface area contributed by atoms with Crippen LogP contribution in [0, 0.1) is 0 Å². The van der Waals surface area contributed by atoms with Crippen LogP contribution in [0.25, 0.3) is 0 Å². The van der Waals surface area contributed by atoms with Gasteiger partial charge in [0.05, 0.1) is 0 Å². The molecule has 0 aliphatic rings. The summed E-state index contributed by atoms with van der Waals surface area (Å²) in [5.41, 5.74) is 1.59. The van der Waals surface area contributed by atoms with Gasteiger partial charge in [-0.2, -0.15) is 0 Å². The van der Waals surface area contributed by atoms with E-state index in [9.17, 15) is 4.79 Å². The Balaban J connectivity index is 2.11. The molecule has 100 valence electrons. The number of nitrogens with zero attached hydrogens (tertiary/aromatic N) is 2. The van der Waals surface area contributed by atoms with Crippen LogP contribution in [0.4, 0.5) is 6.01 Å². The fourth-order valence-corrected chi connectivity index (χ4v) is 1.83. The first-order valence-electron chi connectivity index (χ1n) is 5.90. The average Bonchev–Trinajstić information content (AvgIpc) is 2.87. The van der Waals surface area contributed by atoms with Crippen LogP contribution in [0.2, 0.25) is 0 Å². The molecule has 2 rings (SSSR count). The molecule has 0 unspecified atom stereocenters. The number of hydrogen-bond acceptors (Lipinski definition) is 4. The number of rotatable bonds is 4. The number of alkyl halides is 1. The van der Waals surface area contributed by atoms with Crippen molar-refractivity contribution in [1.82, 2.24) is 10.2 Å². The minimum Gasteiger partial charge on any atom is -0.408 e. The minimum absolute atomic E-state index is 0.123. The summed E-state index contributed by atoms with van der Waals surface area (Å²) in [6.45, 7) is 3.89. The van der Waals surface area contributed by atoms with Gasteiger partial charge in [-0.15, -0.1) is 5.10 Å². The lowest BCUT2D eigenvalue weighted by molar-refractivity contribution is 0.102. The molecule has 1 N–H and O–H groups in total. The number of anilines is 1. The molecule has 0 radical (unpaired) electrons. The van der Waals surface area contributed by atoms with Crippen LogP contribution in [0.5, 0.6) is 0 Å². The van der Waals surface area contributed by atoms with Crippen molar-refractivity contribution in [3.8, 4) is 0 Å². The van der Waals surface area contributed by atoms with Crippen molar-refractivity contribution in [2.75, 3.05) is 5.32 Å². The van der Waals surface area contributed by atoms with E-state index >= 15 is 0 Å². The fourth-order valence-electron chi connectivity index (χ4n) is 1.48. The molecule has 0 atom stereocenters. The van der Waals surface area contributed by atoms with Gasteiger partial charge in [0.25, 0.3) is 5.91 Å². The highest BCUT2D eigenvalue weighted by Gasteiger charge is 2.13. The summed E-state index contributed by atoms with van der Waals surface area (Å²) >= 11 is 3.35. The molecule has 6 heteroatoms. The Morgan fingerprint density at radius 3 is 2.84 bits per heavy atom. The lowest BCUT2D eigenvalue weighted by atomic mass is 10.1. The first-order valence-corrected chi connectivity index (χ1v) is 7.02. The molecule has 0 saturated carbocycles. The number of amides is 1. The molecule has 0 fully saturated rings. The summed E-state index contributed by atoms with van der Waals surface area (Å²) in [5.74, 6) is 0.376. The zero-order valence-corrected chi connectivity index (χ0v) is 12.3. The molecule has 2 aromatic rings. The molecule has 5 nitrogen and oxygen atoms in total. The second-order valence-electron chi connectivity index (χ2n) is 4.39. The van der Waals surface area contributed by atoms with Crippen LogP contribution in [-0.2, 0) is 5.33 Å². The zero-order valence-electron chi connectivity index (χ0n) is 10.7. The van der Waals surface area contributed by atoms with Crippen LogP contribution in [0.3, 0.4) is 0 Å². The Morgan fingerprint density at radius 2 is 2.21 bits per heavy atom. The van der Waals surface area contributed by atoms with Crippen molar-refractivity contribution < 1.29 is 9.21 Å². The van der Waals surface area contributed by atoms with Crippen molar-refractivity contribution in [2.45, 2.75) is 25.1 Å². The zero-order chi connectivity index (χ0) is 13.8. The summed E-state index contributed by atoms with van der Waals surface area (Å²) < 4.78 is 5.33. The maximum Gasteiger partial charge on any atom is 0.322 e. The van der Waals surface area contributed by atoms with Crippen molar-refractivity contribution in [3.63, 3.8) is 0 Å². The number of hydrogen-bond donors (Lipinski definition) is 1. The van der Waals surface area contributed by atoms with Gasteiger partial charge >= 0.3 is 6.01 Å². The second kappa shape index (κ2) is 5.97. The van der Waals surface area contributed by atoms with Gasteiger partial charge in [0.1, 0.15) is 0 Å². The average molecular weight is 324 g/mol. The summed E-state index contributed by atoms with van der Waals surface area (Å²) in [6, 6.07) is 7.44. The van der Waals surface area contributed by atoms with Gasteiger partial charge < -0.3 is 4.42 Å². The number of nitrogens with one attached hydrogen (secondary N) is 1. The molecule has 0 aliphatic heterocycles. The highest BCUT2D eigenvalue weighted by molar-refractivity contribution is 9.08. The van der Waals surface area contributed by atoms with Gasteiger partial charge in [-0.25, -0.2) is 0 Å². The van der Waals surface area contributed by atoms with Gasteiger partial charge in [0.15, 0.2) is 0 Å². The third-order valence-corrected chi connectivity index (χ3v) is 3.15. The number of aromatic nitrogens is 2. The van der Waals surface area contributed by atoms with Crippen LogP contribution in [-0.4, -0.2) is 16.1 Å². The maximum atomic E-state index is 12.0. The number of halogens is 1. The van der Waals surface area contributed by atoms with E-state index in [0.29, 0.717) is 16.8 Å². The summed E-state index contributed by atoms with van der Waals surface area (Å²) in [6.07, 6.45) is 0. The van der Waals surface area contributed by atoms with Gasteiger partial charge in [0, 0.05) is 16.8 Å². The third kappa shape index (κ3) is 3.41.